The van der Waals surface area contributed by atoms with Gasteiger partial charge >= 0.3 is 0 Å². The first kappa shape index (κ1) is 14.2. The molecule has 0 amide bonds. The predicted molar refractivity (Wildman–Crippen MR) is 81.3 cm³/mol. The molecule has 2 aromatic rings. The van der Waals surface area contributed by atoms with Crippen LogP contribution in [0.3, 0.4) is 0 Å². The quantitative estimate of drug-likeness (QED) is 0.922. The van der Waals surface area contributed by atoms with Gasteiger partial charge in [0.05, 0.1) is 12.3 Å². The van der Waals surface area contributed by atoms with Crippen molar-refractivity contribution in [2.45, 2.75) is 32.9 Å². The summed E-state index contributed by atoms with van der Waals surface area (Å²) < 4.78 is 1.58. The molecular formula is C16H21N3O2. The fourth-order valence-corrected chi connectivity index (χ4v) is 3.13. The van der Waals surface area contributed by atoms with E-state index in [0.29, 0.717) is 18.1 Å². The van der Waals surface area contributed by atoms with Crippen LogP contribution < -0.4 is 5.56 Å². The SMILES string of the molecule is Cc1ccc2nc(CN3CCC(C)C3CO)cc(=O)n2c1. The summed E-state index contributed by atoms with van der Waals surface area (Å²) in [5, 5.41) is 9.51. The third kappa shape index (κ3) is 2.71. The Kier molecular flexibility index (Phi) is 3.78. The van der Waals surface area contributed by atoms with Crippen molar-refractivity contribution in [3.8, 4) is 0 Å². The molecule has 1 saturated heterocycles. The van der Waals surface area contributed by atoms with Crippen LogP contribution in [0.15, 0.2) is 29.2 Å². The third-order valence-electron chi connectivity index (χ3n) is 4.41. The van der Waals surface area contributed by atoms with E-state index in [4.69, 9.17) is 0 Å². The summed E-state index contributed by atoms with van der Waals surface area (Å²) in [6.45, 7) is 5.84. The minimum absolute atomic E-state index is 0.0495. The molecular weight excluding hydrogens is 266 g/mol. The molecule has 5 nitrogen and oxygen atoms in total. The lowest BCUT2D eigenvalue weighted by Gasteiger charge is -2.24. The Labute approximate surface area is 123 Å². The summed E-state index contributed by atoms with van der Waals surface area (Å²) in [5.41, 5.74) is 2.44. The van der Waals surface area contributed by atoms with Gasteiger partial charge in [0.2, 0.25) is 0 Å². The van der Waals surface area contributed by atoms with E-state index in [0.717, 1.165) is 24.2 Å². The molecule has 1 aliphatic rings. The van der Waals surface area contributed by atoms with Crippen LogP contribution in [0, 0.1) is 12.8 Å². The van der Waals surface area contributed by atoms with E-state index in [9.17, 15) is 9.90 Å². The smallest absolute Gasteiger partial charge is 0.258 e. The van der Waals surface area contributed by atoms with E-state index in [1.807, 2.05) is 25.3 Å². The zero-order chi connectivity index (χ0) is 15.0. The van der Waals surface area contributed by atoms with Crippen molar-refractivity contribution in [1.29, 1.82) is 0 Å². The van der Waals surface area contributed by atoms with Crippen LogP contribution >= 0.6 is 0 Å². The van der Waals surface area contributed by atoms with Gasteiger partial charge in [-0.25, -0.2) is 4.98 Å². The molecule has 21 heavy (non-hydrogen) atoms. The molecule has 5 heteroatoms. The Balaban J connectivity index is 1.91. The number of aromatic nitrogens is 2. The Hall–Kier alpha value is -1.72. The zero-order valence-corrected chi connectivity index (χ0v) is 12.5. The molecule has 0 bridgehead atoms. The van der Waals surface area contributed by atoms with Crippen LogP contribution in [-0.2, 0) is 6.54 Å². The van der Waals surface area contributed by atoms with Gasteiger partial charge in [-0.2, -0.15) is 0 Å². The molecule has 2 atom stereocenters. The molecule has 2 unspecified atom stereocenters. The summed E-state index contributed by atoms with van der Waals surface area (Å²) in [5.74, 6) is 0.485. The van der Waals surface area contributed by atoms with Crippen molar-refractivity contribution in [1.82, 2.24) is 14.3 Å². The van der Waals surface area contributed by atoms with Crippen LogP contribution in [0.4, 0.5) is 0 Å². The van der Waals surface area contributed by atoms with Gasteiger partial charge in [-0.3, -0.25) is 14.1 Å². The largest absolute Gasteiger partial charge is 0.395 e. The highest BCUT2D eigenvalue weighted by atomic mass is 16.3. The second-order valence-electron chi connectivity index (χ2n) is 6.01. The molecule has 0 radical (unpaired) electrons. The van der Waals surface area contributed by atoms with Crippen molar-refractivity contribution in [3.63, 3.8) is 0 Å². The normalized spacial score (nSPS) is 23.0. The third-order valence-corrected chi connectivity index (χ3v) is 4.41. The number of fused-ring (bicyclic) bond motifs is 1. The van der Waals surface area contributed by atoms with Crippen LogP contribution in [0.25, 0.3) is 5.65 Å². The number of pyridine rings is 1. The van der Waals surface area contributed by atoms with Crippen LogP contribution in [0.2, 0.25) is 0 Å². The number of aliphatic hydroxyl groups excluding tert-OH is 1. The van der Waals surface area contributed by atoms with Gasteiger partial charge in [-0.05, 0) is 37.4 Å². The second-order valence-corrected chi connectivity index (χ2v) is 6.01. The van der Waals surface area contributed by atoms with Crippen molar-refractivity contribution in [2.75, 3.05) is 13.2 Å². The first-order valence-electron chi connectivity index (χ1n) is 7.42. The maximum absolute atomic E-state index is 12.2. The predicted octanol–water partition coefficient (Wildman–Crippen LogP) is 1.21. The van der Waals surface area contributed by atoms with Gasteiger partial charge in [0.25, 0.3) is 5.56 Å². The second kappa shape index (κ2) is 5.58. The van der Waals surface area contributed by atoms with Gasteiger partial charge in [-0.15, -0.1) is 0 Å². The average Bonchev–Trinajstić information content (AvgIpc) is 2.80. The van der Waals surface area contributed by atoms with Crippen molar-refractivity contribution >= 4 is 5.65 Å². The van der Waals surface area contributed by atoms with Crippen molar-refractivity contribution in [2.24, 2.45) is 5.92 Å². The summed E-state index contributed by atoms with van der Waals surface area (Å²) in [6, 6.07) is 5.60. The van der Waals surface area contributed by atoms with Crippen LogP contribution in [0.1, 0.15) is 24.6 Å². The Morgan fingerprint density at radius 1 is 1.43 bits per heavy atom. The number of nitrogens with zero attached hydrogens (tertiary/aromatic N) is 3. The minimum atomic E-state index is -0.0495. The molecule has 2 aromatic heterocycles. The summed E-state index contributed by atoms with van der Waals surface area (Å²) >= 11 is 0. The van der Waals surface area contributed by atoms with Gasteiger partial charge in [-0.1, -0.05) is 13.0 Å². The fourth-order valence-electron chi connectivity index (χ4n) is 3.13. The standard InChI is InChI=1S/C16H21N3O2/c1-11-3-4-15-17-13(7-16(21)19(15)8-11)9-18-6-5-12(2)14(18)10-20/h3-4,7-8,12,14,20H,5-6,9-10H2,1-2H3. The maximum Gasteiger partial charge on any atom is 0.258 e. The number of likely N-dealkylation sites (tertiary alicyclic amines) is 1. The van der Waals surface area contributed by atoms with E-state index in [2.05, 4.69) is 16.8 Å². The molecule has 0 aliphatic carbocycles. The first-order valence-corrected chi connectivity index (χ1v) is 7.42. The molecule has 0 spiro atoms. The zero-order valence-electron chi connectivity index (χ0n) is 12.5. The van der Waals surface area contributed by atoms with E-state index in [1.54, 1.807) is 10.5 Å². The molecule has 0 aromatic carbocycles. The average molecular weight is 287 g/mol. The summed E-state index contributed by atoms with van der Waals surface area (Å²) in [6.07, 6.45) is 2.89. The fraction of sp³-hybridized carbons (Fsp3) is 0.500. The molecule has 1 aliphatic heterocycles. The topological polar surface area (TPSA) is 57.8 Å². The number of aliphatic hydroxyl groups is 1. The van der Waals surface area contributed by atoms with Crippen LogP contribution in [-0.4, -0.2) is 38.6 Å². The maximum atomic E-state index is 12.2. The molecule has 3 heterocycles. The monoisotopic (exact) mass is 287 g/mol. The lowest BCUT2D eigenvalue weighted by Crippen LogP contribution is -2.35. The molecule has 1 N–H and O–H groups in total. The van der Waals surface area contributed by atoms with E-state index < -0.39 is 0 Å². The molecule has 112 valence electrons. The highest BCUT2D eigenvalue weighted by Gasteiger charge is 2.30. The number of aryl methyl sites for hydroxylation is 1. The van der Waals surface area contributed by atoms with Gasteiger partial charge in [0, 0.05) is 24.8 Å². The minimum Gasteiger partial charge on any atom is -0.395 e. The number of hydrogen-bond donors (Lipinski definition) is 1. The van der Waals surface area contributed by atoms with Gasteiger partial charge < -0.3 is 5.11 Å². The Morgan fingerprint density at radius 3 is 3.00 bits per heavy atom. The first-order chi connectivity index (χ1) is 10.1. The van der Waals surface area contributed by atoms with E-state index >= 15 is 0 Å². The summed E-state index contributed by atoms with van der Waals surface area (Å²) in [7, 11) is 0. The number of hydrogen-bond acceptors (Lipinski definition) is 4. The highest BCUT2D eigenvalue weighted by molar-refractivity contribution is 5.39. The molecule has 0 saturated carbocycles. The number of rotatable bonds is 3. The lowest BCUT2D eigenvalue weighted by molar-refractivity contribution is 0.133. The van der Waals surface area contributed by atoms with E-state index in [1.165, 1.54) is 0 Å². The van der Waals surface area contributed by atoms with Crippen LogP contribution in [0.5, 0.6) is 0 Å². The highest BCUT2D eigenvalue weighted by Crippen LogP contribution is 2.24. The molecule has 1 fully saturated rings. The summed E-state index contributed by atoms with van der Waals surface area (Å²) in [4.78, 5) is 19.0. The molecule has 3 rings (SSSR count). The van der Waals surface area contributed by atoms with E-state index in [-0.39, 0.29) is 18.2 Å². The van der Waals surface area contributed by atoms with Crippen molar-refractivity contribution in [3.05, 3.63) is 46.0 Å². The Bertz CT molecular complexity index is 710. The lowest BCUT2D eigenvalue weighted by atomic mass is 10.0. The Morgan fingerprint density at radius 2 is 2.24 bits per heavy atom. The van der Waals surface area contributed by atoms with Crippen molar-refractivity contribution < 1.29 is 5.11 Å². The van der Waals surface area contributed by atoms with Gasteiger partial charge in [0.15, 0.2) is 0 Å². The van der Waals surface area contributed by atoms with Gasteiger partial charge in [0.1, 0.15) is 5.65 Å².